The van der Waals surface area contributed by atoms with Crippen molar-refractivity contribution in [2.45, 2.75) is 39.2 Å². The summed E-state index contributed by atoms with van der Waals surface area (Å²) >= 11 is 0. The van der Waals surface area contributed by atoms with Crippen LogP contribution in [-0.4, -0.2) is 52.2 Å². The molecule has 0 amide bonds. The zero-order chi connectivity index (χ0) is 15.2. The van der Waals surface area contributed by atoms with E-state index in [1.807, 2.05) is 0 Å². The maximum Gasteiger partial charge on any atom is 0.333 e. The van der Waals surface area contributed by atoms with Crippen LogP contribution < -0.4 is 0 Å². The van der Waals surface area contributed by atoms with Gasteiger partial charge in [0.1, 0.15) is 6.10 Å². The van der Waals surface area contributed by atoms with Gasteiger partial charge in [0, 0.05) is 32.3 Å². The van der Waals surface area contributed by atoms with Crippen LogP contribution >= 0.6 is 0 Å². The molecule has 1 aliphatic heterocycles. The molecule has 118 valence electrons. The van der Waals surface area contributed by atoms with Crippen LogP contribution in [0.4, 0.5) is 0 Å². The van der Waals surface area contributed by atoms with Gasteiger partial charge >= 0.3 is 5.97 Å². The average molecular weight is 288 g/mol. The third-order valence-electron chi connectivity index (χ3n) is 2.42. The monoisotopic (exact) mass is 288 g/mol. The molecule has 0 N–H and O–H groups in total. The molecule has 5 nitrogen and oxygen atoms in total. The van der Waals surface area contributed by atoms with Crippen LogP contribution in [-0.2, 0) is 23.7 Å². The molecule has 0 aliphatic carbocycles. The fourth-order valence-electron chi connectivity index (χ4n) is 1.12. The minimum absolute atomic E-state index is 0.332. The van der Waals surface area contributed by atoms with E-state index in [1.54, 1.807) is 14.0 Å². The van der Waals surface area contributed by atoms with Crippen molar-refractivity contribution in [2.24, 2.45) is 0 Å². The van der Waals surface area contributed by atoms with Gasteiger partial charge in [-0.3, -0.25) is 0 Å². The Labute approximate surface area is 122 Å². The summed E-state index contributed by atoms with van der Waals surface area (Å²) in [6.07, 6.45) is 3.55. The highest BCUT2D eigenvalue weighted by Gasteiger charge is 2.21. The van der Waals surface area contributed by atoms with Crippen LogP contribution in [0.25, 0.3) is 0 Å². The Bertz CT molecular complexity index is 261. The molecule has 1 heterocycles. The summed E-state index contributed by atoms with van der Waals surface area (Å²) in [7, 11) is 1.61. The predicted molar refractivity (Wildman–Crippen MR) is 77.7 cm³/mol. The Morgan fingerprint density at radius 3 is 2.50 bits per heavy atom. The van der Waals surface area contributed by atoms with Gasteiger partial charge in [0.05, 0.1) is 19.8 Å². The van der Waals surface area contributed by atoms with Crippen LogP contribution in [0, 0.1) is 0 Å². The molecule has 0 aromatic heterocycles. The van der Waals surface area contributed by atoms with Crippen molar-refractivity contribution in [3.8, 4) is 0 Å². The van der Waals surface area contributed by atoms with Crippen molar-refractivity contribution in [1.82, 2.24) is 0 Å². The largest absolute Gasteiger partial charge is 0.462 e. The van der Waals surface area contributed by atoms with E-state index in [9.17, 15) is 4.79 Å². The summed E-state index contributed by atoms with van der Waals surface area (Å²) in [4.78, 5) is 10.7. The molecule has 0 spiro atoms. The molecule has 0 aromatic carbocycles. The van der Waals surface area contributed by atoms with Crippen LogP contribution in [0.3, 0.4) is 0 Å². The van der Waals surface area contributed by atoms with Crippen LogP contribution in [0.5, 0.6) is 0 Å². The number of hydrogen-bond acceptors (Lipinski definition) is 5. The number of carbonyl (C=O) groups is 1. The second kappa shape index (κ2) is 13.1. The van der Waals surface area contributed by atoms with E-state index >= 15 is 0 Å². The minimum Gasteiger partial charge on any atom is -0.462 e. The Balaban J connectivity index is 0.000000367. The maximum atomic E-state index is 10.7. The Morgan fingerprint density at radius 1 is 1.30 bits per heavy atom. The first-order chi connectivity index (χ1) is 9.61. The highest BCUT2D eigenvalue weighted by atomic mass is 16.6. The third-order valence-corrected chi connectivity index (χ3v) is 2.42. The SMILES string of the molecule is C=C(C)C(=O)OCCCOC.CCCCOCC1CO1. The third kappa shape index (κ3) is 13.5. The Morgan fingerprint density at radius 2 is 2.00 bits per heavy atom. The van der Waals surface area contributed by atoms with Gasteiger partial charge in [-0.15, -0.1) is 0 Å². The first-order valence-electron chi connectivity index (χ1n) is 7.12. The van der Waals surface area contributed by atoms with Crippen LogP contribution in [0.2, 0.25) is 0 Å². The van der Waals surface area contributed by atoms with Gasteiger partial charge in [-0.05, 0) is 13.3 Å². The molecule has 1 atom stereocenters. The quantitative estimate of drug-likeness (QED) is 0.267. The molecule has 1 rings (SSSR count). The molecule has 1 fully saturated rings. The van der Waals surface area contributed by atoms with Gasteiger partial charge in [0.25, 0.3) is 0 Å². The lowest BCUT2D eigenvalue weighted by atomic mass is 10.4. The van der Waals surface area contributed by atoms with Gasteiger partial charge in [0.2, 0.25) is 0 Å². The summed E-state index contributed by atoms with van der Waals surface area (Å²) in [5.74, 6) is -0.332. The van der Waals surface area contributed by atoms with Gasteiger partial charge < -0.3 is 18.9 Å². The van der Waals surface area contributed by atoms with Crippen molar-refractivity contribution in [2.75, 3.05) is 40.1 Å². The average Bonchev–Trinajstić information content (AvgIpc) is 3.24. The summed E-state index contributed by atoms with van der Waals surface area (Å²) < 4.78 is 19.8. The smallest absolute Gasteiger partial charge is 0.333 e. The van der Waals surface area contributed by atoms with Gasteiger partial charge in [-0.1, -0.05) is 19.9 Å². The molecule has 1 saturated heterocycles. The normalized spacial score (nSPS) is 16.1. The zero-order valence-corrected chi connectivity index (χ0v) is 13.0. The second-order valence-corrected chi connectivity index (χ2v) is 4.65. The zero-order valence-electron chi connectivity index (χ0n) is 13.0. The summed E-state index contributed by atoms with van der Waals surface area (Å²) in [6.45, 7) is 10.9. The molecular formula is C15H28O5. The van der Waals surface area contributed by atoms with Crippen molar-refractivity contribution in [3.63, 3.8) is 0 Å². The molecule has 0 aromatic rings. The molecule has 1 unspecified atom stereocenters. The standard InChI is InChI=1S/C8H14O3.C7H14O2/c1-7(2)8(9)11-6-4-5-10-3;1-2-3-4-8-5-7-6-9-7/h1,4-6H2,2-3H3;7H,2-6H2,1H3. The number of ether oxygens (including phenoxy) is 4. The summed E-state index contributed by atoms with van der Waals surface area (Å²) in [6, 6.07) is 0. The minimum atomic E-state index is -0.332. The highest BCUT2D eigenvalue weighted by Crippen LogP contribution is 2.08. The fourth-order valence-corrected chi connectivity index (χ4v) is 1.12. The number of carbonyl (C=O) groups excluding carboxylic acids is 1. The number of rotatable bonds is 10. The predicted octanol–water partition coefficient (Wildman–Crippen LogP) is 2.34. The summed E-state index contributed by atoms with van der Waals surface area (Å²) in [5, 5.41) is 0. The molecule has 0 radical (unpaired) electrons. The summed E-state index contributed by atoms with van der Waals surface area (Å²) in [5.41, 5.74) is 0.433. The van der Waals surface area contributed by atoms with Crippen molar-refractivity contribution >= 4 is 5.97 Å². The fraction of sp³-hybridized carbons (Fsp3) is 0.800. The number of methoxy groups -OCH3 is 1. The molecule has 1 aliphatic rings. The molecule has 0 saturated carbocycles. The topological polar surface area (TPSA) is 57.3 Å². The van der Waals surface area contributed by atoms with E-state index in [-0.39, 0.29) is 5.97 Å². The first-order valence-corrected chi connectivity index (χ1v) is 7.12. The van der Waals surface area contributed by atoms with E-state index in [1.165, 1.54) is 12.8 Å². The van der Waals surface area contributed by atoms with Crippen molar-refractivity contribution < 1.29 is 23.7 Å². The Kier molecular flexibility index (Phi) is 12.5. The van der Waals surface area contributed by atoms with E-state index < -0.39 is 0 Å². The Hall–Kier alpha value is -0.910. The van der Waals surface area contributed by atoms with Crippen LogP contribution in [0.15, 0.2) is 12.2 Å². The highest BCUT2D eigenvalue weighted by molar-refractivity contribution is 5.86. The van der Waals surface area contributed by atoms with E-state index in [0.717, 1.165) is 26.2 Å². The van der Waals surface area contributed by atoms with Crippen molar-refractivity contribution in [3.05, 3.63) is 12.2 Å². The van der Waals surface area contributed by atoms with Crippen LogP contribution in [0.1, 0.15) is 33.1 Å². The van der Waals surface area contributed by atoms with Gasteiger partial charge in [-0.25, -0.2) is 4.79 Å². The van der Waals surface area contributed by atoms with E-state index in [4.69, 9.17) is 18.9 Å². The maximum absolute atomic E-state index is 10.7. The number of epoxide rings is 1. The molecule has 0 bridgehead atoms. The van der Waals surface area contributed by atoms with Crippen molar-refractivity contribution in [1.29, 1.82) is 0 Å². The van der Waals surface area contributed by atoms with Gasteiger partial charge in [-0.2, -0.15) is 0 Å². The van der Waals surface area contributed by atoms with E-state index in [2.05, 4.69) is 13.5 Å². The van der Waals surface area contributed by atoms with E-state index in [0.29, 0.717) is 24.9 Å². The lowest BCUT2D eigenvalue weighted by Gasteiger charge is -2.02. The lowest BCUT2D eigenvalue weighted by Crippen LogP contribution is -2.07. The number of hydrogen-bond donors (Lipinski definition) is 0. The number of esters is 1. The first kappa shape index (κ1) is 19.1. The second-order valence-electron chi connectivity index (χ2n) is 4.65. The molecular weight excluding hydrogens is 260 g/mol. The molecule has 20 heavy (non-hydrogen) atoms. The lowest BCUT2D eigenvalue weighted by molar-refractivity contribution is -0.139. The molecule has 5 heteroatoms. The number of unbranched alkanes of at least 4 members (excludes halogenated alkanes) is 1. The van der Waals surface area contributed by atoms with Gasteiger partial charge in [0.15, 0.2) is 0 Å².